The summed E-state index contributed by atoms with van der Waals surface area (Å²) in [5.74, 6) is 1.28. The van der Waals surface area contributed by atoms with Crippen LogP contribution in [0.2, 0.25) is 0 Å². The zero-order valence-corrected chi connectivity index (χ0v) is 15.0. The van der Waals surface area contributed by atoms with Gasteiger partial charge >= 0.3 is 0 Å². The molecule has 2 amide bonds. The standard InChI is InChI=1S/C17H29N5O3/c1-2-5-14-20-15(25-21-14)7-3-8-16(23)22-11-4-6-13(12-22)17(24)19-10-9-18/h13H,2-12,18H2,1H3,(H,19,24). The lowest BCUT2D eigenvalue weighted by atomic mass is 9.96. The highest BCUT2D eigenvalue weighted by atomic mass is 16.5. The van der Waals surface area contributed by atoms with Gasteiger partial charge in [-0.2, -0.15) is 4.98 Å². The summed E-state index contributed by atoms with van der Waals surface area (Å²) in [6, 6.07) is 0. The van der Waals surface area contributed by atoms with Crippen LogP contribution in [0.15, 0.2) is 4.52 Å². The largest absolute Gasteiger partial charge is 0.355 e. The molecule has 0 bridgehead atoms. The average molecular weight is 351 g/mol. The number of nitrogens with one attached hydrogen (secondary N) is 1. The van der Waals surface area contributed by atoms with Gasteiger partial charge in [-0.25, -0.2) is 0 Å². The number of aromatic nitrogens is 2. The smallest absolute Gasteiger partial charge is 0.226 e. The highest BCUT2D eigenvalue weighted by Crippen LogP contribution is 2.18. The summed E-state index contributed by atoms with van der Waals surface area (Å²) in [6.07, 6.45) is 5.18. The second kappa shape index (κ2) is 10.1. The molecular formula is C17H29N5O3. The van der Waals surface area contributed by atoms with Crippen molar-refractivity contribution in [1.82, 2.24) is 20.4 Å². The van der Waals surface area contributed by atoms with Crippen LogP contribution in [0.5, 0.6) is 0 Å². The van der Waals surface area contributed by atoms with Gasteiger partial charge in [0.1, 0.15) is 0 Å². The van der Waals surface area contributed by atoms with E-state index in [1.807, 2.05) is 0 Å². The first-order valence-electron chi connectivity index (χ1n) is 9.21. The van der Waals surface area contributed by atoms with Crippen molar-refractivity contribution < 1.29 is 14.1 Å². The lowest BCUT2D eigenvalue weighted by molar-refractivity contribution is -0.135. The first kappa shape index (κ1) is 19.4. The number of nitrogens with zero attached hydrogens (tertiary/aromatic N) is 3. The Kier molecular flexibility index (Phi) is 7.84. The molecular weight excluding hydrogens is 322 g/mol. The molecule has 1 aliphatic rings. The van der Waals surface area contributed by atoms with Gasteiger partial charge in [0.15, 0.2) is 5.82 Å². The minimum absolute atomic E-state index is 0.00253. The van der Waals surface area contributed by atoms with Gasteiger partial charge in [0.2, 0.25) is 17.7 Å². The molecule has 8 heteroatoms. The third-order valence-electron chi connectivity index (χ3n) is 4.35. The van der Waals surface area contributed by atoms with Gasteiger partial charge in [-0.15, -0.1) is 0 Å². The lowest BCUT2D eigenvalue weighted by Crippen LogP contribution is -2.46. The fraction of sp³-hybridized carbons (Fsp3) is 0.765. The van der Waals surface area contributed by atoms with E-state index in [-0.39, 0.29) is 17.7 Å². The number of rotatable bonds is 9. The third kappa shape index (κ3) is 6.12. The maximum absolute atomic E-state index is 12.4. The van der Waals surface area contributed by atoms with Crippen LogP contribution in [-0.4, -0.2) is 53.0 Å². The van der Waals surface area contributed by atoms with Gasteiger partial charge in [0, 0.05) is 45.4 Å². The molecule has 8 nitrogen and oxygen atoms in total. The summed E-state index contributed by atoms with van der Waals surface area (Å²) < 4.78 is 5.18. The Hall–Kier alpha value is -1.96. The summed E-state index contributed by atoms with van der Waals surface area (Å²) >= 11 is 0. The number of likely N-dealkylation sites (tertiary alicyclic amines) is 1. The first-order chi connectivity index (χ1) is 12.1. The van der Waals surface area contributed by atoms with E-state index in [1.54, 1.807) is 4.90 Å². The maximum atomic E-state index is 12.4. The molecule has 3 N–H and O–H groups in total. The van der Waals surface area contributed by atoms with Crippen molar-refractivity contribution in [2.75, 3.05) is 26.2 Å². The van der Waals surface area contributed by atoms with E-state index in [4.69, 9.17) is 10.3 Å². The number of hydrogen-bond donors (Lipinski definition) is 2. The van der Waals surface area contributed by atoms with Crippen LogP contribution >= 0.6 is 0 Å². The summed E-state index contributed by atoms with van der Waals surface area (Å²) in [6.45, 7) is 4.19. The van der Waals surface area contributed by atoms with Crippen molar-refractivity contribution in [3.05, 3.63) is 11.7 Å². The van der Waals surface area contributed by atoms with Crippen molar-refractivity contribution in [2.45, 2.75) is 51.9 Å². The number of carbonyl (C=O) groups is 2. The molecule has 2 rings (SSSR count). The van der Waals surface area contributed by atoms with Crippen LogP contribution < -0.4 is 11.1 Å². The Morgan fingerprint density at radius 3 is 3.00 bits per heavy atom. The van der Waals surface area contributed by atoms with E-state index >= 15 is 0 Å². The second-order valence-electron chi connectivity index (χ2n) is 6.47. The molecule has 2 heterocycles. The van der Waals surface area contributed by atoms with Gasteiger partial charge in [-0.1, -0.05) is 12.1 Å². The monoisotopic (exact) mass is 351 g/mol. The van der Waals surface area contributed by atoms with Crippen LogP contribution in [-0.2, 0) is 22.4 Å². The number of nitrogens with two attached hydrogens (primary N) is 1. The summed E-state index contributed by atoms with van der Waals surface area (Å²) in [5.41, 5.74) is 5.41. The fourth-order valence-electron chi connectivity index (χ4n) is 3.02. The fourth-order valence-corrected chi connectivity index (χ4v) is 3.02. The molecule has 25 heavy (non-hydrogen) atoms. The molecule has 0 radical (unpaired) electrons. The van der Waals surface area contributed by atoms with Crippen LogP contribution in [0, 0.1) is 5.92 Å². The molecule has 0 spiro atoms. The number of piperidine rings is 1. The molecule has 0 aliphatic carbocycles. The number of hydrogen-bond acceptors (Lipinski definition) is 6. The molecule has 1 fully saturated rings. The average Bonchev–Trinajstić information content (AvgIpc) is 3.07. The summed E-state index contributed by atoms with van der Waals surface area (Å²) in [4.78, 5) is 30.5. The van der Waals surface area contributed by atoms with E-state index in [9.17, 15) is 9.59 Å². The van der Waals surface area contributed by atoms with E-state index in [0.29, 0.717) is 44.8 Å². The zero-order valence-electron chi connectivity index (χ0n) is 15.0. The molecule has 1 saturated heterocycles. The molecule has 1 atom stereocenters. The summed E-state index contributed by atoms with van der Waals surface area (Å²) in [7, 11) is 0. The molecule has 1 aromatic heterocycles. The van der Waals surface area contributed by atoms with Crippen molar-refractivity contribution >= 4 is 11.8 Å². The van der Waals surface area contributed by atoms with Crippen LogP contribution in [0.1, 0.15) is 50.7 Å². The highest BCUT2D eigenvalue weighted by molar-refractivity contribution is 5.81. The predicted molar refractivity (Wildman–Crippen MR) is 92.6 cm³/mol. The van der Waals surface area contributed by atoms with Crippen LogP contribution in [0.3, 0.4) is 0 Å². The van der Waals surface area contributed by atoms with Gasteiger partial charge in [-0.05, 0) is 25.7 Å². The number of carbonyl (C=O) groups excluding carboxylic acids is 2. The predicted octanol–water partition coefficient (Wildman–Crippen LogP) is 0.658. The van der Waals surface area contributed by atoms with Crippen LogP contribution in [0.25, 0.3) is 0 Å². The molecule has 0 saturated carbocycles. The molecule has 1 aliphatic heterocycles. The Labute approximate surface area is 148 Å². The topological polar surface area (TPSA) is 114 Å². The van der Waals surface area contributed by atoms with Crippen LogP contribution in [0.4, 0.5) is 0 Å². The van der Waals surface area contributed by atoms with Crippen molar-refractivity contribution in [3.63, 3.8) is 0 Å². The van der Waals surface area contributed by atoms with E-state index in [0.717, 1.165) is 38.1 Å². The van der Waals surface area contributed by atoms with Gasteiger partial charge in [-0.3, -0.25) is 9.59 Å². The Bertz CT molecular complexity index is 560. The second-order valence-corrected chi connectivity index (χ2v) is 6.47. The Morgan fingerprint density at radius 1 is 1.40 bits per heavy atom. The summed E-state index contributed by atoms with van der Waals surface area (Å²) in [5, 5.41) is 6.72. The SMILES string of the molecule is CCCc1noc(CCCC(=O)N2CCCC(C(=O)NCCN)C2)n1. The molecule has 1 unspecified atom stereocenters. The van der Waals surface area contributed by atoms with Gasteiger partial charge in [0.25, 0.3) is 0 Å². The zero-order chi connectivity index (χ0) is 18.1. The Balaban J connectivity index is 1.73. The Morgan fingerprint density at radius 2 is 2.24 bits per heavy atom. The quantitative estimate of drug-likeness (QED) is 0.675. The number of aryl methyl sites for hydroxylation is 2. The van der Waals surface area contributed by atoms with Crippen molar-refractivity contribution in [3.8, 4) is 0 Å². The number of amides is 2. The van der Waals surface area contributed by atoms with E-state index < -0.39 is 0 Å². The highest BCUT2D eigenvalue weighted by Gasteiger charge is 2.27. The maximum Gasteiger partial charge on any atom is 0.226 e. The molecule has 0 aromatic carbocycles. The minimum atomic E-state index is -0.128. The third-order valence-corrected chi connectivity index (χ3v) is 4.35. The van der Waals surface area contributed by atoms with E-state index in [1.165, 1.54) is 0 Å². The molecule has 140 valence electrons. The van der Waals surface area contributed by atoms with Gasteiger partial charge < -0.3 is 20.5 Å². The lowest BCUT2D eigenvalue weighted by Gasteiger charge is -2.32. The van der Waals surface area contributed by atoms with Gasteiger partial charge in [0.05, 0.1) is 5.92 Å². The van der Waals surface area contributed by atoms with Crippen molar-refractivity contribution in [1.29, 1.82) is 0 Å². The normalized spacial score (nSPS) is 17.5. The minimum Gasteiger partial charge on any atom is -0.355 e. The van der Waals surface area contributed by atoms with E-state index in [2.05, 4.69) is 22.4 Å². The van der Waals surface area contributed by atoms with Crippen molar-refractivity contribution in [2.24, 2.45) is 11.7 Å². The first-order valence-corrected chi connectivity index (χ1v) is 9.21. The molecule has 1 aromatic rings.